The summed E-state index contributed by atoms with van der Waals surface area (Å²) < 4.78 is 33.9. The summed E-state index contributed by atoms with van der Waals surface area (Å²) in [6.07, 6.45) is 3.84. The molecule has 1 amide bonds. The third kappa shape index (κ3) is 4.04. The van der Waals surface area contributed by atoms with Gasteiger partial charge in [-0.1, -0.05) is 37.0 Å². The van der Waals surface area contributed by atoms with Gasteiger partial charge in [0.2, 0.25) is 15.9 Å². The maximum Gasteiger partial charge on any atom is 0.244 e. The SMILES string of the molecule is Cc1ccc(S(=O)(=O)NC2(C(=O)N3CCOCC3)CCCCC2)cc1. The number of carbonyl (C=O) groups excluding carboxylic acids is 1. The molecule has 1 heterocycles. The number of carbonyl (C=O) groups is 1. The molecule has 1 aromatic carbocycles. The highest BCUT2D eigenvalue weighted by Gasteiger charge is 2.45. The standard InChI is InChI=1S/C18H26N2O4S/c1-15-5-7-16(8-6-15)25(22,23)19-18(9-3-2-4-10-18)17(21)20-11-13-24-14-12-20/h5-8,19H,2-4,9-14H2,1H3. The Morgan fingerprint density at radius 2 is 1.68 bits per heavy atom. The van der Waals surface area contributed by atoms with Crippen LogP contribution in [0.25, 0.3) is 0 Å². The van der Waals surface area contributed by atoms with Crippen LogP contribution in [0.3, 0.4) is 0 Å². The van der Waals surface area contributed by atoms with Crippen LogP contribution in [0, 0.1) is 6.92 Å². The van der Waals surface area contributed by atoms with Gasteiger partial charge in [0.05, 0.1) is 18.1 Å². The molecule has 7 heteroatoms. The molecule has 3 rings (SSSR count). The molecule has 2 aliphatic rings. The highest BCUT2D eigenvalue weighted by molar-refractivity contribution is 7.89. The number of ether oxygens (including phenoxy) is 1. The Kier molecular flexibility index (Phi) is 5.46. The Morgan fingerprint density at radius 1 is 1.08 bits per heavy atom. The molecule has 1 N–H and O–H groups in total. The predicted molar refractivity (Wildman–Crippen MR) is 94.7 cm³/mol. The third-order valence-electron chi connectivity index (χ3n) is 5.08. The van der Waals surface area contributed by atoms with E-state index in [1.807, 2.05) is 6.92 Å². The Labute approximate surface area is 149 Å². The van der Waals surface area contributed by atoms with Gasteiger partial charge in [-0.25, -0.2) is 8.42 Å². The van der Waals surface area contributed by atoms with E-state index in [0.29, 0.717) is 39.1 Å². The molecule has 2 fully saturated rings. The number of nitrogens with one attached hydrogen (secondary N) is 1. The zero-order chi connectivity index (χ0) is 17.9. The van der Waals surface area contributed by atoms with Crippen molar-refractivity contribution in [1.82, 2.24) is 9.62 Å². The zero-order valence-electron chi connectivity index (χ0n) is 14.7. The monoisotopic (exact) mass is 366 g/mol. The van der Waals surface area contributed by atoms with Crippen LogP contribution >= 0.6 is 0 Å². The molecule has 1 saturated carbocycles. The van der Waals surface area contributed by atoms with Crippen molar-refractivity contribution in [3.63, 3.8) is 0 Å². The van der Waals surface area contributed by atoms with E-state index in [1.54, 1.807) is 29.2 Å². The summed E-state index contributed by atoms with van der Waals surface area (Å²) in [5.74, 6) is -0.105. The number of sulfonamides is 1. The number of benzene rings is 1. The van der Waals surface area contributed by atoms with Crippen LogP contribution in [0.2, 0.25) is 0 Å². The second-order valence-electron chi connectivity index (χ2n) is 6.97. The highest BCUT2D eigenvalue weighted by Crippen LogP contribution is 2.32. The second kappa shape index (κ2) is 7.43. The van der Waals surface area contributed by atoms with Crippen molar-refractivity contribution in [3.8, 4) is 0 Å². The lowest BCUT2D eigenvalue weighted by Crippen LogP contribution is -2.61. The van der Waals surface area contributed by atoms with Crippen molar-refractivity contribution in [1.29, 1.82) is 0 Å². The van der Waals surface area contributed by atoms with Gasteiger partial charge >= 0.3 is 0 Å². The number of nitrogens with zero attached hydrogens (tertiary/aromatic N) is 1. The van der Waals surface area contributed by atoms with Crippen molar-refractivity contribution in [2.45, 2.75) is 49.5 Å². The van der Waals surface area contributed by atoms with Crippen LogP contribution in [0.5, 0.6) is 0 Å². The number of aryl methyl sites for hydroxylation is 1. The van der Waals surface area contributed by atoms with Crippen molar-refractivity contribution in [2.24, 2.45) is 0 Å². The first kappa shape index (κ1) is 18.4. The van der Waals surface area contributed by atoms with Crippen LogP contribution in [-0.4, -0.2) is 51.1 Å². The molecule has 25 heavy (non-hydrogen) atoms. The fourth-order valence-electron chi connectivity index (χ4n) is 3.62. The molecule has 0 aromatic heterocycles. The van der Waals surface area contributed by atoms with E-state index in [0.717, 1.165) is 24.8 Å². The van der Waals surface area contributed by atoms with Gasteiger partial charge in [-0.15, -0.1) is 0 Å². The van der Waals surface area contributed by atoms with E-state index in [-0.39, 0.29) is 10.8 Å². The molecule has 1 aliphatic heterocycles. The first-order valence-electron chi connectivity index (χ1n) is 8.91. The van der Waals surface area contributed by atoms with Gasteiger partial charge in [0, 0.05) is 13.1 Å². The van der Waals surface area contributed by atoms with Gasteiger partial charge < -0.3 is 9.64 Å². The summed E-state index contributed by atoms with van der Waals surface area (Å²) in [5.41, 5.74) is -0.0324. The van der Waals surface area contributed by atoms with Crippen LogP contribution in [0.1, 0.15) is 37.7 Å². The fraction of sp³-hybridized carbons (Fsp3) is 0.611. The van der Waals surface area contributed by atoms with Crippen LogP contribution in [-0.2, 0) is 19.6 Å². The molecule has 0 unspecified atom stereocenters. The number of morpholine rings is 1. The van der Waals surface area contributed by atoms with E-state index >= 15 is 0 Å². The molecule has 0 atom stereocenters. The Morgan fingerprint density at radius 3 is 2.28 bits per heavy atom. The molecule has 0 spiro atoms. The Hall–Kier alpha value is -1.44. The normalized spacial score (nSPS) is 21.1. The summed E-state index contributed by atoms with van der Waals surface area (Å²) >= 11 is 0. The molecule has 1 saturated heterocycles. The maximum absolute atomic E-state index is 13.2. The third-order valence-corrected chi connectivity index (χ3v) is 6.63. The molecular formula is C18H26N2O4S. The second-order valence-corrected chi connectivity index (χ2v) is 8.65. The first-order chi connectivity index (χ1) is 11.9. The number of hydrogen-bond donors (Lipinski definition) is 1. The average Bonchev–Trinajstić information content (AvgIpc) is 2.62. The summed E-state index contributed by atoms with van der Waals surface area (Å²) in [4.78, 5) is 15.1. The van der Waals surface area contributed by atoms with E-state index in [2.05, 4.69) is 4.72 Å². The van der Waals surface area contributed by atoms with Crippen molar-refractivity contribution < 1.29 is 17.9 Å². The first-order valence-corrected chi connectivity index (χ1v) is 10.4. The van der Waals surface area contributed by atoms with Gasteiger partial charge in [-0.05, 0) is 31.9 Å². The highest BCUT2D eigenvalue weighted by atomic mass is 32.2. The van der Waals surface area contributed by atoms with Gasteiger partial charge in [0.1, 0.15) is 5.54 Å². The quantitative estimate of drug-likeness (QED) is 0.882. The van der Waals surface area contributed by atoms with Crippen LogP contribution in [0.4, 0.5) is 0 Å². The van der Waals surface area contributed by atoms with Crippen LogP contribution in [0.15, 0.2) is 29.2 Å². The van der Waals surface area contributed by atoms with Crippen molar-refractivity contribution >= 4 is 15.9 Å². The summed E-state index contributed by atoms with van der Waals surface area (Å²) in [6.45, 7) is 3.97. The topological polar surface area (TPSA) is 75.7 Å². The van der Waals surface area contributed by atoms with E-state index in [1.165, 1.54) is 0 Å². The molecule has 138 valence electrons. The minimum atomic E-state index is -3.75. The van der Waals surface area contributed by atoms with Crippen molar-refractivity contribution in [2.75, 3.05) is 26.3 Å². The van der Waals surface area contributed by atoms with E-state index in [9.17, 15) is 13.2 Å². The van der Waals surface area contributed by atoms with Gasteiger partial charge in [0.25, 0.3) is 0 Å². The zero-order valence-corrected chi connectivity index (χ0v) is 15.5. The molecule has 0 bridgehead atoms. The average molecular weight is 366 g/mol. The Bertz CT molecular complexity index is 703. The number of hydrogen-bond acceptors (Lipinski definition) is 4. The lowest BCUT2D eigenvalue weighted by Gasteiger charge is -2.41. The smallest absolute Gasteiger partial charge is 0.244 e. The minimum absolute atomic E-state index is 0.105. The van der Waals surface area contributed by atoms with Gasteiger partial charge in [0.15, 0.2) is 0 Å². The minimum Gasteiger partial charge on any atom is -0.378 e. The van der Waals surface area contributed by atoms with E-state index in [4.69, 9.17) is 4.74 Å². The van der Waals surface area contributed by atoms with Gasteiger partial charge in [-0.2, -0.15) is 4.72 Å². The largest absolute Gasteiger partial charge is 0.378 e. The lowest BCUT2D eigenvalue weighted by atomic mass is 9.81. The van der Waals surface area contributed by atoms with Crippen molar-refractivity contribution in [3.05, 3.63) is 29.8 Å². The van der Waals surface area contributed by atoms with E-state index < -0.39 is 15.6 Å². The summed E-state index contributed by atoms with van der Waals surface area (Å²) in [6, 6.07) is 6.72. The molecular weight excluding hydrogens is 340 g/mol. The molecule has 6 nitrogen and oxygen atoms in total. The molecule has 1 aliphatic carbocycles. The predicted octanol–water partition coefficient (Wildman–Crippen LogP) is 1.84. The number of rotatable bonds is 4. The Balaban J connectivity index is 1.87. The summed E-state index contributed by atoms with van der Waals surface area (Å²) in [5, 5.41) is 0. The lowest BCUT2D eigenvalue weighted by molar-refractivity contribution is -0.143. The van der Waals surface area contributed by atoms with Crippen LogP contribution < -0.4 is 4.72 Å². The fourth-order valence-corrected chi connectivity index (χ4v) is 5.04. The molecule has 0 radical (unpaired) electrons. The van der Waals surface area contributed by atoms with Gasteiger partial charge in [-0.3, -0.25) is 4.79 Å². The number of amides is 1. The maximum atomic E-state index is 13.2. The summed E-state index contributed by atoms with van der Waals surface area (Å²) in [7, 11) is -3.75. The molecule has 1 aromatic rings.